The molecule has 0 bridgehead atoms. The van der Waals surface area contributed by atoms with Crippen molar-refractivity contribution in [2.24, 2.45) is 0 Å². The summed E-state index contributed by atoms with van der Waals surface area (Å²) in [5, 5.41) is 4.21. The maximum atomic E-state index is 12.4. The average Bonchev–Trinajstić information content (AvgIpc) is 3.24. The van der Waals surface area contributed by atoms with E-state index in [1.165, 1.54) is 0 Å². The Morgan fingerprint density at radius 3 is 2.09 bits per heavy atom. The second kappa shape index (κ2) is 11.0. The van der Waals surface area contributed by atoms with Crippen molar-refractivity contribution in [2.75, 3.05) is 14.2 Å². The fraction of sp³-hybridized carbons (Fsp3) is 0.292. The van der Waals surface area contributed by atoms with Crippen LogP contribution >= 0.6 is 0 Å². The molecule has 0 unspecified atom stereocenters. The number of carbonyl (C=O) groups is 2. The normalized spacial score (nSPS) is 10.5. The Morgan fingerprint density at radius 2 is 1.53 bits per heavy atom. The van der Waals surface area contributed by atoms with E-state index in [9.17, 15) is 9.59 Å². The molecule has 0 aliphatic carbocycles. The van der Waals surface area contributed by atoms with E-state index in [2.05, 4.69) is 10.6 Å². The number of nitrogens with zero attached hydrogens (tertiary/aromatic N) is 1. The zero-order valence-electron chi connectivity index (χ0n) is 18.3. The van der Waals surface area contributed by atoms with Gasteiger partial charge in [0, 0.05) is 12.0 Å². The molecule has 1 N–H and O–H groups in total. The Kier molecular flexibility index (Phi) is 7.85. The second-order valence-electron chi connectivity index (χ2n) is 7.07. The summed E-state index contributed by atoms with van der Waals surface area (Å²) < 4.78 is 16.0. The number of rotatable bonds is 9. The van der Waals surface area contributed by atoms with Crippen molar-refractivity contribution in [1.82, 2.24) is 10.6 Å². The van der Waals surface area contributed by atoms with Gasteiger partial charge in [-0.05, 0) is 48.4 Å². The van der Waals surface area contributed by atoms with Gasteiger partial charge in [0.15, 0.2) is 5.76 Å². The van der Waals surface area contributed by atoms with Crippen LogP contribution in [0.5, 0.6) is 11.5 Å². The Balaban J connectivity index is 1.87. The largest absolute Gasteiger partial charge is 0.497 e. The van der Waals surface area contributed by atoms with Crippen molar-refractivity contribution in [1.29, 1.82) is 0 Å². The molecule has 0 saturated heterocycles. The van der Waals surface area contributed by atoms with Gasteiger partial charge >= 0.3 is 5.97 Å². The number of methoxy groups -OCH3 is 2. The van der Waals surface area contributed by atoms with Crippen molar-refractivity contribution >= 4 is 11.9 Å². The Hall–Kier alpha value is -3.81. The number of hydrogen-bond donors (Lipinski definition) is 1. The van der Waals surface area contributed by atoms with Crippen LogP contribution in [0.3, 0.4) is 0 Å². The summed E-state index contributed by atoms with van der Waals surface area (Å²) in [6, 6.07) is 14.7. The third-order valence-corrected chi connectivity index (χ3v) is 4.84. The number of carbonyl (C=O) groups excluding carboxylic acids is 2. The van der Waals surface area contributed by atoms with Crippen LogP contribution in [0.1, 0.15) is 31.9 Å². The van der Waals surface area contributed by atoms with Gasteiger partial charge in [-0.15, -0.1) is 0 Å². The number of hydrogen-bond acceptors (Lipinski definition) is 7. The lowest BCUT2D eigenvalue weighted by Crippen LogP contribution is -2.28. The highest BCUT2D eigenvalue weighted by atomic mass is 16.7. The molecule has 0 spiro atoms. The summed E-state index contributed by atoms with van der Waals surface area (Å²) in [4.78, 5) is 28.9. The van der Waals surface area contributed by atoms with E-state index < -0.39 is 11.9 Å². The van der Waals surface area contributed by atoms with Crippen LogP contribution in [-0.4, -0.2) is 31.3 Å². The van der Waals surface area contributed by atoms with Crippen LogP contribution < -0.4 is 15.0 Å². The van der Waals surface area contributed by atoms with Gasteiger partial charge < -0.3 is 18.8 Å². The third-order valence-electron chi connectivity index (χ3n) is 4.84. The lowest BCUT2D eigenvalue weighted by atomic mass is 9.98. The maximum absolute atomic E-state index is 12.4. The smallest absolute Gasteiger partial charge is 0.332 e. The first-order valence-corrected chi connectivity index (χ1v) is 10.3. The molecule has 0 radical (unpaired) electrons. The van der Waals surface area contributed by atoms with Crippen LogP contribution in [0, 0.1) is 0 Å². The van der Waals surface area contributed by atoms with E-state index in [4.69, 9.17) is 18.8 Å². The highest BCUT2D eigenvalue weighted by Gasteiger charge is 2.22. The van der Waals surface area contributed by atoms with E-state index in [1.54, 1.807) is 14.2 Å². The van der Waals surface area contributed by atoms with E-state index in [0.29, 0.717) is 34.9 Å². The third kappa shape index (κ3) is 5.66. The minimum absolute atomic E-state index is 0.147. The number of hydroxylamine groups is 1. The standard InChI is InChI=1S/C24H26N2O6/c1-4-5-6-22(28)32-25-21(27)15-20-23(16-7-11-18(29-2)12-8-16)24(26-31-20)17-9-13-19(30-3)14-10-17/h7-14H,4-6,15H2,1-3H3,(H,25,27). The van der Waals surface area contributed by atoms with Gasteiger partial charge in [0.2, 0.25) is 0 Å². The zero-order valence-corrected chi connectivity index (χ0v) is 18.3. The summed E-state index contributed by atoms with van der Waals surface area (Å²) in [7, 11) is 3.19. The quantitative estimate of drug-likeness (QED) is 0.496. The lowest BCUT2D eigenvalue weighted by Gasteiger charge is -2.08. The van der Waals surface area contributed by atoms with E-state index in [1.807, 2.05) is 55.5 Å². The number of nitrogens with one attached hydrogen (secondary N) is 1. The molecule has 1 aromatic heterocycles. The number of aromatic nitrogens is 1. The first-order chi connectivity index (χ1) is 15.5. The molecule has 2 aromatic carbocycles. The first-order valence-electron chi connectivity index (χ1n) is 10.3. The van der Waals surface area contributed by atoms with Gasteiger partial charge in [0.1, 0.15) is 17.2 Å². The monoisotopic (exact) mass is 438 g/mol. The fourth-order valence-corrected chi connectivity index (χ4v) is 3.11. The molecule has 8 heteroatoms. The number of benzene rings is 2. The molecule has 168 valence electrons. The minimum atomic E-state index is -0.512. The lowest BCUT2D eigenvalue weighted by molar-refractivity contribution is -0.158. The van der Waals surface area contributed by atoms with Crippen molar-refractivity contribution in [3.05, 3.63) is 54.3 Å². The van der Waals surface area contributed by atoms with Crippen LogP contribution in [-0.2, 0) is 20.8 Å². The molecule has 0 aliphatic rings. The predicted molar refractivity (Wildman–Crippen MR) is 118 cm³/mol. The highest BCUT2D eigenvalue weighted by molar-refractivity contribution is 5.87. The van der Waals surface area contributed by atoms with Gasteiger partial charge in [-0.3, -0.25) is 4.79 Å². The Bertz CT molecular complexity index is 1040. The molecule has 1 heterocycles. The predicted octanol–water partition coefficient (Wildman–Crippen LogP) is 4.33. The second-order valence-corrected chi connectivity index (χ2v) is 7.07. The number of unbranched alkanes of at least 4 members (excludes halogenated alkanes) is 1. The average molecular weight is 438 g/mol. The summed E-state index contributed by atoms with van der Waals surface area (Å²) in [5.74, 6) is 0.777. The van der Waals surface area contributed by atoms with Crippen molar-refractivity contribution in [2.45, 2.75) is 32.6 Å². The summed E-state index contributed by atoms with van der Waals surface area (Å²) in [5.41, 5.74) is 5.05. The summed E-state index contributed by atoms with van der Waals surface area (Å²) in [6.07, 6.45) is 1.66. The molecule has 32 heavy (non-hydrogen) atoms. The molecule has 0 aliphatic heterocycles. The maximum Gasteiger partial charge on any atom is 0.332 e. The first kappa shape index (κ1) is 22.9. The molecule has 0 atom stereocenters. The SMILES string of the molecule is CCCCC(=O)ONC(=O)Cc1onc(-c2ccc(OC)cc2)c1-c1ccc(OC)cc1. The molecule has 8 nitrogen and oxygen atoms in total. The van der Waals surface area contributed by atoms with Crippen molar-refractivity contribution in [3.8, 4) is 33.9 Å². The van der Waals surface area contributed by atoms with Gasteiger partial charge in [0.05, 0.1) is 26.2 Å². The van der Waals surface area contributed by atoms with E-state index in [-0.39, 0.29) is 12.8 Å². The molecule has 3 rings (SSSR count). The van der Waals surface area contributed by atoms with E-state index >= 15 is 0 Å². The Labute approximate surface area is 186 Å². The van der Waals surface area contributed by atoms with Gasteiger partial charge in [0.25, 0.3) is 5.91 Å². The molecule has 1 amide bonds. The zero-order chi connectivity index (χ0) is 22.9. The Morgan fingerprint density at radius 1 is 0.938 bits per heavy atom. The van der Waals surface area contributed by atoms with Gasteiger partial charge in [-0.2, -0.15) is 5.48 Å². The topological polar surface area (TPSA) is 99.9 Å². The molecular formula is C24H26N2O6. The van der Waals surface area contributed by atoms with Crippen LogP contribution in [0.2, 0.25) is 0 Å². The van der Waals surface area contributed by atoms with Crippen LogP contribution in [0.25, 0.3) is 22.4 Å². The fourth-order valence-electron chi connectivity index (χ4n) is 3.11. The van der Waals surface area contributed by atoms with Crippen molar-refractivity contribution < 1.29 is 28.4 Å². The highest BCUT2D eigenvalue weighted by Crippen LogP contribution is 2.36. The number of ether oxygens (including phenoxy) is 2. The summed E-state index contributed by atoms with van der Waals surface area (Å²) >= 11 is 0. The minimum Gasteiger partial charge on any atom is -0.497 e. The molecule has 3 aromatic rings. The number of amides is 1. The van der Waals surface area contributed by atoms with Crippen LogP contribution in [0.4, 0.5) is 0 Å². The molecule has 0 fully saturated rings. The van der Waals surface area contributed by atoms with E-state index in [0.717, 1.165) is 17.5 Å². The van der Waals surface area contributed by atoms with Gasteiger partial charge in [-0.25, -0.2) is 4.79 Å². The molecule has 0 saturated carbocycles. The molecular weight excluding hydrogens is 412 g/mol. The summed E-state index contributed by atoms with van der Waals surface area (Å²) in [6.45, 7) is 1.97. The van der Waals surface area contributed by atoms with Crippen molar-refractivity contribution in [3.63, 3.8) is 0 Å². The van der Waals surface area contributed by atoms with Crippen LogP contribution in [0.15, 0.2) is 53.1 Å². The van der Waals surface area contributed by atoms with Gasteiger partial charge in [-0.1, -0.05) is 30.6 Å².